The summed E-state index contributed by atoms with van der Waals surface area (Å²) in [4.78, 5) is 0. The van der Waals surface area contributed by atoms with Crippen LogP contribution in [-0.4, -0.2) is 24.1 Å². The van der Waals surface area contributed by atoms with E-state index < -0.39 is 10.4 Å². The summed E-state index contributed by atoms with van der Waals surface area (Å²) < 4.78 is 32.8. The Morgan fingerprint density at radius 3 is 1.62 bits per heavy atom. The van der Waals surface area contributed by atoms with Gasteiger partial charge in [0.15, 0.2) is 0 Å². The van der Waals surface area contributed by atoms with Crippen LogP contribution in [0.4, 0.5) is 0 Å². The highest BCUT2D eigenvalue weighted by Gasteiger charge is 1.89. The van der Waals surface area contributed by atoms with Gasteiger partial charge in [-0.3, -0.25) is 4.55 Å². The van der Waals surface area contributed by atoms with Crippen molar-refractivity contribution in [3.05, 3.63) is 0 Å². The zero-order chi connectivity index (χ0) is 12.9. The molecule has 6 heteroatoms. The first kappa shape index (κ1) is 18.2. The summed E-state index contributed by atoms with van der Waals surface area (Å²) in [7, 11) is -4.92. The second-order valence-electron chi connectivity index (χ2n) is 3.76. The lowest BCUT2D eigenvalue weighted by molar-refractivity contribution is -0.368. The van der Waals surface area contributed by atoms with Gasteiger partial charge < -0.3 is 10.3 Å². The smallest absolute Gasteiger partial charge is 0.215 e. The van der Waals surface area contributed by atoms with Crippen molar-refractivity contribution >= 4 is 10.4 Å². The van der Waals surface area contributed by atoms with E-state index in [1.807, 2.05) is 0 Å². The summed E-state index contributed by atoms with van der Waals surface area (Å²) in [6.45, 7) is 3.39. The van der Waals surface area contributed by atoms with Gasteiger partial charge in [-0.25, -0.2) is 8.42 Å². The van der Waals surface area contributed by atoms with Crippen molar-refractivity contribution in [2.45, 2.75) is 58.3 Å². The Morgan fingerprint density at radius 2 is 1.31 bits per heavy atom. The van der Waals surface area contributed by atoms with Gasteiger partial charge in [0.2, 0.25) is 10.4 Å². The third-order valence-corrected chi connectivity index (χ3v) is 2.10. The standard InChI is InChI=1S/C10H23N.H2O4S/c1-2-3-4-5-6-7-8-9-10-11;1-5(2,3)4/h2-11H2,1H3;(H2,1,2,3,4). The van der Waals surface area contributed by atoms with Gasteiger partial charge in [-0.15, -0.1) is 0 Å². The second-order valence-corrected chi connectivity index (χ2v) is 4.61. The fourth-order valence-corrected chi connectivity index (χ4v) is 1.31. The summed E-state index contributed by atoms with van der Waals surface area (Å²) in [6.07, 6.45) is 11.3. The summed E-state index contributed by atoms with van der Waals surface area (Å²) in [6, 6.07) is 0. The minimum atomic E-state index is -4.92. The molecule has 0 aromatic carbocycles. The molecule has 0 atom stereocenters. The Kier molecular flexibility index (Phi) is 14.7. The fraction of sp³-hybridized carbons (Fsp3) is 1.00. The van der Waals surface area contributed by atoms with Crippen molar-refractivity contribution in [2.24, 2.45) is 0 Å². The van der Waals surface area contributed by atoms with Crippen LogP contribution in [0.5, 0.6) is 0 Å². The van der Waals surface area contributed by atoms with Crippen molar-refractivity contribution in [1.82, 2.24) is 0 Å². The van der Waals surface area contributed by atoms with Crippen molar-refractivity contribution in [3.8, 4) is 0 Å². The third kappa shape index (κ3) is 37.1. The predicted molar refractivity (Wildman–Crippen MR) is 62.7 cm³/mol. The Morgan fingerprint density at radius 1 is 1.00 bits per heavy atom. The maximum atomic E-state index is 8.63. The van der Waals surface area contributed by atoms with Crippen LogP contribution in [0.2, 0.25) is 0 Å². The molecule has 0 amide bonds. The number of rotatable bonds is 8. The minimum absolute atomic E-state index is 1.12. The normalized spacial score (nSPS) is 10.8. The Labute approximate surface area is 99.0 Å². The van der Waals surface area contributed by atoms with Gasteiger partial charge in [-0.05, 0) is 12.8 Å². The first-order valence-corrected chi connectivity index (χ1v) is 7.25. The molecule has 0 aliphatic heterocycles. The average molecular weight is 255 g/mol. The molecule has 0 bridgehead atoms. The molecular weight excluding hydrogens is 230 g/mol. The number of quaternary nitrogens is 1. The van der Waals surface area contributed by atoms with E-state index in [9.17, 15) is 0 Å². The van der Waals surface area contributed by atoms with Crippen molar-refractivity contribution < 1.29 is 23.3 Å². The van der Waals surface area contributed by atoms with E-state index in [-0.39, 0.29) is 0 Å². The van der Waals surface area contributed by atoms with Gasteiger partial charge in [-0.2, -0.15) is 0 Å². The van der Waals surface area contributed by atoms with Gasteiger partial charge >= 0.3 is 0 Å². The zero-order valence-electron chi connectivity index (χ0n) is 10.2. The highest BCUT2D eigenvalue weighted by Crippen LogP contribution is 2.07. The van der Waals surface area contributed by atoms with Crippen LogP contribution in [0.3, 0.4) is 0 Å². The highest BCUT2D eigenvalue weighted by molar-refractivity contribution is 7.79. The SMILES string of the molecule is CCCCCCCCCC[NH3+].O=S(=O)([O-])O. The fourth-order valence-electron chi connectivity index (χ4n) is 1.31. The van der Waals surface area contributed by atoms with E-state index in [1.54, 1.807) is 0 Å². The summed E-state index contributed by atoms with van der Waals surface area (Å²) in [5, 5.41) is 0. The number of hydrogen-bond acceptors (Lipinski definition) is 3. The summed E-state index contributed by atoms with van der Waals surface area (Å²) in [5.41, 5.74) is 3.83. The predicted octanol–water partition coefficient (Wildman–Crippen LogP) is 1.37. The largest absolute Gasteiger partial charge is 0.726 e. The van der Waals surface area contributed by atoms with Gasteiger partial charge in [0.1, 0.15) is 0 Å². The van der Waals surface area contributed by atoms with Gasteiger partial charge in [0, 0.05) is 0 Å². The topological polar surface area (TPSA) is 105 Å². The van der Waals surface area contributed by atoms with E-state index in [2.05, 4.69) is 12.7 Å². The lowest BCUT2D eigenvalue weighted by Gasteiger charge is -1.98. The van der Waals surface area contributed by atoms with Crippen molar-refractivity contribution in [1.29, 1.82) is 0 Å². The highest BCUT2D eigenvalue weighted by atomic mass is 32.3. The molecule has 4 N–H and O–H groups in total. The van der Waals surface area contributed by atoms with Crippen LogP contribution >= 0.6 is 0 Å². The van der Waals surface area contributed by atoms with Gasteiger partial charge in [0.05, 0.1) is 6.54 Å². The minimum Gasteiger partial charge on any atom is -0.726 e. The lowest BCUT2D eigenvalue weighted by atomic mass is 10.1. The van der Waals surface area contributed by atoms with Crippen molar-refractivity contribution in [2.75, 3.05) is 6.54 Å². The van der Waals surface area contributed by atoms with E-state index in [0.717, 1.165) is 6.54 Å². The monoisotopic (exact) mass is 255 g/mol. The molecule has 0 spiro atoms. The maximum absolute atomic E-state index is 8.63. The molecule has 0 aliphatic carbocycles. The molecule has 0 unspecified atom stereocenters. The Hall–Kier alpha value is -0.170. The van der Waals surface area contributed by atoms with Gasteiger partial charge in [-0.1, -0.05) is 45.4 Å². The van der Waals surface area contributed by atoms with Crippen LogP contribution in [-0.2, 0) is 10.4 Å². The van der Waals surface area contributed by atoms with Crippen LogP contribution < -0.4 is 5.73 Å². The first-order chi connectivity index (χ1) is 7.41. The van der Waals surface area contributed by atoms with Crippen LogP contribution in [0.25, 0.3) is 0 Å². The van der Waals surface area contributed by atoms with E-state index in [1.165, 1.54) is 51.4 Å². The molecule has 5 nitrogen and oxygen atoms in total. The van der Waals surface area contributed by atoms with Crippen LogP contribution in [0, 0.1) is 0 Å². The first-order valence-electron chi connectivity index (χ1n) is 5.89. The third-order valence-electron chi connectivity index (χ3n) is 2.10. The Bertz CT molecular complexity index is 201. The molecule has 0 heterocycles. The second kappa shape index (κ2) is 12.9. The number of hydrogen-bond donors (Lipinski definition) is 2. The molecule has 0 saturated heterocycles. The molecule has 0 aromatic rings. The van der Waals surface area contributed by atoms with Crippen LogP contribution in [0.15, 0.2) is 0 Å². The zero-order valence-corrected chi connectivity index (χ0v) is 11.0. The molecule has 0 fully saturated rings. The molecule has 0 radical (unpaired) electrons. The quantitative estimate of drug-likeness (QED) is 0.388. The molecule has 0 aromatic heterocycles. The molecule has 100 valence electrons. The molecule has 0 aliphatic rings. The molecule has 16 heavy (non-hydrogen) atoms. The van der Waals surface area contributed by atoms with Crippen LogP contribution in [0.1, 0.15) is 58.3 Å². The Balaban J connectivity index is 0. The number of unbranched alkanes of at least 4 members (excludes halogenated alkanes) is 7. The maximum Gasteiger partial charge on any atom is 0.215 e. The van der Waals surface area contributed by atoms with E-state index in [4.69, 9.17) is 17.5 Å². The molecule has 0 rings (SSSR count). The van der Waals surface area contributed by atoms with Gasteiger partial charge in [0.25, 0.3) is 0 Å². The summed E-state index contributed by atoms with van der Waals surface area (Å²) in [5.74, 6) is 0. The molecular formula is C10H25NO4S. The van der Waals surface area contributed by atoms with E-state index in [0.29, 0.717) is 0 Å². The van der Waals surface area contributed by atoms with Crippen molar-refractivity contribution in [3.63, 3.8) is 0 Å². The lowest BCUT2D eigenvalue weighted by Crippen LogP contribution is -2.50. The summed E-state index contributed by atoms with van der Waals surface area (Å²) >= 11 is 0. The molecule has 0 saturated carbocycles. The van der Waals surface area contributed by atoms with E-state index >= 15 is 0 Å². The average Bonchev–Trinajstić information content (AvgIpc) is 2.14.